The number of hydrogen-bond acceptors (Lipinski definition) is 4. The van der Waals surface area contributed by atoms with Crippen molar-refractivity contribution in [2.75, 3.05) is 0 Å². The van der Waals surface area contributed by atoms with Gasteiger partial charge in [-0.2, -0.15) is 0 Å². The number of imidazole rings is 1. The minimum absolute atomic E-state index is 0.224. The number of rotatable bonds is 5. The molecule has 0 saturated carbocycles. The van der Waals surface area contributed by atoms with Gasteiger partial charge in [-0.15, -0.1) is 0 Å². The molecule has 2 aromatic carbocycles. The van der Waals surface area contributed by atoms with E-state index in [2.05, 4.69) is 20.3 Å². The number of pyridine rings is 1. The molecular formula is C21H17N5O2. The van der Waals surface area contributed by atoms with Gasteiger partial charge in [-0.3, -0.25) is 14.6 Å². The number of amides is 2. The van der Waals surface area contributed by atoms with E-state index in [1.165, 1.54) is 0 Å². The van der Waals surface area contributed by atoms with Crippen LogP contribution in [0.5, 0.6) is 0 Å². The molecule has 2 heterocycles. The van der Waals surface area contributed by atoms with E-state index in [1.54, 1.807) is 42.6 Å². The highest BCUT2D eigenvalue weighted by atomic mass is 16.2. The minimum atomic E-state index is -0.488. The van der Waals surface area contributed by atoms with Crippen molar-refractivity contribution in [1.82, 2.24) is 20.3 Å². The van der Waals surface area contributed by atoms with Gasteiger partial charge in [0.05, 0.1) is 23.3 Å². The molecule has 0 aliphatic carbocycles. The van der Waals surface area contributed by atoms with E-state index in [9.17, 15) is 9.59 Å². The Morgan fingerprint density at radius 1 is 1.00 bits per heavy atom. The Kier molecular flexibility index (Phi) is 4.55. The number of hydrogen-bond donors (Lipinski definition) is 3. The maximum absolute atomic E-state index is 12.5. The number of carbonyl (C=O) groups excluding carboxylic acids is 2. The Bertz CT molecular complexity index is 1130. The summed E-state index contributed by atoms with van der Waals surface area (Å²) in [7, 11) is 0. The van der Waals surface area contributed by atoms with Crippen LogP contribution in [0, 0.1) is 0 Å². The Morgan fingerprint density at radius 2 is 1.79 bits per heavy atom. The lowest BCUT2D eigenvalue weighted by atomic mass is 10.1. The summed E-state index contributed by atoms with van der Waals surface area (Å²) in [6, 6.07) is 17.8. The topological polar surface area (TPSA) is 114 Å². The predicted molar refractivity (Wildman–Crippen MR) is 105 cm³/mol. The summed E-state index contributed by atoms with van der Waals surface area (Å²) in [5, 5.41) is 2.86. The number of nitrogens with zero attached hydrogens (tertiary/aromatic N) is 2. The highest BCUT2D eigenvalue weighted by molar-refractivity contribution is 5.95. The molecule has 4 N–H and O–H groups in total. The molecule has 7 nitrogen and oxygen atoms in total. The minimum Gasteiger partial charge on any atom is -0.366 e. The van der Waals surface area contributed by atoms with Gasteiger partial charge in [0, 0.05) is 22.9 Å². The maximum atomic E-state index is 12.5. The molecule has 0 saturated heterocycles. The third-order valence-electron chi connectivity index (χ3n) is 4.34. The smallest absolute Gasteiger partial charge is 0.251 e. The molecule has 2 aromatic heterocycles. The maximum Gasteiger partial charge on any atom is 0.251 e. The van der Waals surface area contributed by atoms with Gasteiger partial charge < -0.3 is 16.0 Å². The molecule has 0 bridgehead atoms. The highest BCUT2D eigenvalue weighted by Crippen LogP contribution is 2.19. The molecule has 0 unspecified atom stereocenters. The fraction of sp³-hybridized carbons (Fsp3) is 0.0476. The van der Waals surface area contributed by atoms with Crippen LogP contribution in [-0.4, -0.2) is 26.8 Å². The Balaban J connectivity index is 1.48. The predicted octanol–water partition coefficient (Wildman–Crippen LogP) is 2.65. The molecule has 0 atom stereocenters. The molecule has 4 rings (SSSR count). The monoisotopic (exact) mass is 371 g/mol. The highest BCUT2D eigenvalue weighted by Gasteiger charge is 2.10. The average molecular weight is 371 g/mol. The SMILES string of the molecule is NC(=O)c1ccc(-c2cc(C(=O)NCc3nc4ccccc4[nH]3)ccn2)cc1. The van der Waals surface area contributed by atoms with Gasteiger partial charge in [0.15, 0.2) is 0 Å². The molecule has 4 aromatic rings. The van der Waals surface area contributed by atoms with E-state index in [0.29, 0.717) is 29.2 Å². The number of nitrogens with two attached hydrogens (primary N) is 1. The largest absolute Gasteiger partial charge is 0.366 e. The van der Waals surface area contributed by atoms with Crippen molar-refractivity contribution in [1.29, 1.82) is 0 Å². The number of primary amides is 1. The number of benzene rings is 2. The number of carbonyl (C=O) groups is 2. The molecule has 7 heteroatoms. The zero-order chi connectivity index (χ0) is 19.5. The van der Waals surface area contributed by atoms with Crippen molar-refractivity contribution >= 4 is 22.8 Å². The first kappa shape index (κ1) is 17.4. The van der Waals surface area contributed by atoms with Crippen LogP contribution in [-0.2, 0) is 6.54 Å². The first-order chi connectivity index (χ1) is 13.6. The van der Waals surface area contributed by atoms with Crippen LogP contribution in [0.1, 0.15) is 26.5 Å². The summed E-state index contributed by atoms with van der Waals surface area (Å²) in [5.74, 6) is -0.0260. The average Bonchev–Trinajstić information content (AvgIpc) is 3.15. The van der Waals surface area contributed by atoms with Crippen molar-refractivity contribution in [3.05, 3.63) is 83.8 Å². The molecule has 28 heavy (non-hydrogen) atoms. The Hall–Kier alpha value is -4.00. The quantitative estimate of drug-likeness (QED) is 0.500. The number of aromatic nitrogens is 3. The Morgan fingerprint density at radius 3 is 2.54 bits per heavy atom. The molecule has 0 radical (unpaired) electrons. The number of H-pyrrole nitrogens is 1. The summed E-state index contributed by atoms with van der Waals surface area (Å²) in [5.41, 5.74) is 9.37. The van der Waals surface area contributed by atoms with E-state index in [0.717, 1.165) is 16.6 Å². The number of nitrogens with one attached hydrogen (secondary N) is 2. The summed E-state index contributed by atoms with van der Waals surface area (Å²) in [6.45, 7) is 0.290. The molecule has 138 valence electrons. The first-order valence-corrected chi connectivity index (χ1v) is 8.68. The van der Waals surface area contributed by atoms with Crippen molar-refractivity contribution in [3.8, 4) is 11.3 Å². The summed E-state index contributed by atoms with van der Waals surface area (Å²) in [4.78, 5) is 35.6. The molecule has 0 spiro atoms. The molecular weight excluding hydrogens is 354 g/mol. The van der Waals surface area contributed by atoms with Crippen LogP contribution in [0.25, 0.3) is 22.3 Å². The van der Waals surface area contributed by atoms with Gasteiger partial charge in [-0.05, 0) is 36.4 Å². The van der Waals surface area contributed by atoms with Crippen LogP contribution in [0.2, 0.25) is 0 Å². The lowest BCUT2D eigenvalue weighted by Gasteiger charge is -2.06. The van der Waals surface area contributed by atoms with E-state index in [-0.39, 0.29) is 5.91 Å². The molecule has 2 amide bonds. The fourth-order valence-electron chi connectivity index (χ4n) is 2.89. The third kappa shape index (κ3) is 3.59. The second-order valence-electron chi connectivity index (χ2n) is 6.25. The van der Waals surface area contributed by atoms with Gasteiger partial charge in [-0.25, -0.2) is 4.98 Å². The van der Waals surface area contributed by atoms with Crippen molar-refractivity contribution in [2.45, 2.75) is 6.54 Å². The molecule has 0 aliphatic heterocycles. The van der Waals surface area contributed by atoms with Crippen molar-refractivity contribution in [3.63, 3.8) is 0 Å². The fourth-order valence-corrected chi connectivity index (χ4v) is 2.89. The normalized spacial score (nSPS) is 10.7. The zero-order valence-electron chi connectivity index (χ0n) is 14.8. The standard InChI is InChI=1S/C21H17N5O2/c22-20(27)14-7-5-13(6-8-14)18-11-15(9-10-23-18)21(28)24-12-19-25-16-3-1-2-4-17(16)26-19/h1-11H,12H2,(H2,22,27)(H,24,28)(H,25,26). The first-order valence-electron chi connectivity index (χ1n) is 8.68. The molecule has 0 fully saturated rings. The summed E-state index contributed by atoms with van der Waals surface area (Å²) in [6.07, 6.45) is 1.58. The van der Waals surface area contributed by atoms with E-state index in [4.69, 9.17) is 5.73 Å². The van der Waals surface area contributed by atoms with Crippen LogP contribution >= 0.6 is 0 Å². The number of fused-ring (bicyclic) bond motifs is 1. The zero-order valence-corrected chi connectivity index (χ0v) is 14.8. The van der Waals surface area contributed by atoms with Crippen LogP contribution in [0.4, 0.5) is 0 Å². The van der Waals surface area contributed by atoms with Gasteiger partial charge in [0.1, 0.15) is 5.82 Å². The van der Waals surface area contributed by atoms with Crippen molar-refractivity contribution < 1.29 is 9.59 Å². The van der Waals surface area contributed by atoms with Crippen molar-refractivity contribution in [2.24, 2.45) is 5.73 Å². The lowest BCUT2D eigenvalue weighted by Crippen LogP contribution is -2.23. The number of aromatic amines is 1. The van der Waals surface area contributed by atoms with Gasteiger partial charge in [0.25, 0.3) is 5.91 Å². The van der Waals surface area contributed by atoms with E-state index < -0.39 is 5.91 Å². The van der Waals surface area contributed by atoms with Crippen LogP contribution in [0.3, 0.4) is 0 Å². The summed E-state index contributed by atoms with van der Waals surface area (Å²) < 4.78 is 0. The van der Waals surface area contributed by atoms with Gasteiger partial charge in [-0.1, -0.05) is 24.3 Å². The number of para-hydroxylation sites is 2. The second kappa shape index (κ2) is 7.32. The lowest BCUT2D eigenvalue weighted by molar-refractivity contribution is 0.0948. The summed E-state index contributed by atoms with van der Waals surface area (Å²) >= 11 is 0. The van der Waals surface area contributed by atoms with Gasteiger partial charge in [0.2, 0.25) is 5.91 Å². The Labute approximate surface area is 160 Å². The second-order valence-corrected chi connectivity index (χ2v) is 6.25. The third-order valence-corrected chi connectivity index (χ3v) is 4.34. The van der Waals surface area contributed by atoms with Gasteiger partial charge >= 0.3 is 0 Å². The van der Waals surface area contributed by atoms with E-state index >= 15 is 0 Å². The van der Waals surface area contributed by atoms with Crippen LogP contribution < -0.4 is 11.1 Å². The van der Waals surface area contributed by atoms with E-state index in [1.807, 2.05) is 24.3 Å². The molecule has 0 aliphatic rings. The van der Waals surface area contributed by atoms with Crippen LogP contribution in [0.15, 0.2) is 66.9 Å².